The van der Waals surface area contributed by atoms with Crippen molar-refractivity contribution in [3.63, 3.8) is 0 Å². The summed E-state index contributed by atoms with van der Waals surface area (Å²) < 4.78 is 17.4. The van der Waals surface area contributed by atoms with E-state index in [9.17, 15) is 9.18 Å². The molecule has 1 saturated heterocycles. The number of amides is 1. The van der Waals surface area contributed by atoms with Crippen LogP contribution in [0.2, 0.25) is 0 Å². The average Bonchev–Trinajstić information content (AvgIpc) is 3.34. The van der Waals surface area contributed by atoms with Crippen molar-refractivity contribution in [3.8, 4) is 11.4 Å². The summed E-state index contributed by atoms with van der Waals surface area (Å²) in [4.78, 5) is 16.3. The number of nitrogens with zero attached hydrogens (tertiary/aromatic N) is 8. The van der Waals surface area contributed by atoms with Crippen LogP contribution in [0.4, 0.5) is 15.9 Å². The highest BCUT2D eigenvalue weighted by Crippen LogP contribution is 2.23. The Labute approximate surface area is 165 Å². The van der Waals surface area contributed by atoms with Crippen LogP contribution in [-0.2, 0) is 11.8 Å². The highest BCUT2D eigenvalue weighted by molar-refractivity contribution is 5.97. The lowest BCUT2D eigenvalue weighted by molar-refractivity contribution is -0.117. The van der Waals surface area contributed by atoms with Crippen molar-refractivity contribution in [2.24, 2.45) is 7.05 Å². The van der Waals surface area contributed by atoms with Crippen molar-refractivity contribution in [2.45, 2.75) is 0 Å². The van der Waals surface area contributed by atoms with Gasteiger partial charge < -0.3 is 9.80 Å². The van der Waals surface area contributed by atoms with Gasteiger partial charge in [-0.3, -0.25) is 9.48 Å². The van der Waals surface area contributed by atoms with Crippen molar-refractivity contribution in [2.75, 3.05) is 29.4 Å². The van der Waals surface area contributed by atoms with Gasteiger partial charge in [0.25, 0.3) is 0 Å². The number of piperazine rings is 1. The van der Waals surface area contributed by atoms with Gasteiger partial charge >= 0.3 is 0 Å². The molecular formula is C19H17FN8O. The third-order valence-corrected chi connectivity index (χ3v) is 4.91. The van der Waals surface area contributed by atoms with Crippen LogP contribution in [0.3, 0.4) is 0 Å². The van der Waals surface area contributed by atoms with Gasteiger partial charge in [0, 0.05) is 26.3 Å². The number of benzene rings is 1. The summed E-state index contributed by atoms with van der Waals surface area (Å²) in [5.41, 5.74) is 1.61. The van der Waals surface area contributed by atoms with Crippen molar-refractivity contribution in [1.29, 1.82) is 0 Å². The Balaban J connectivity index is 1.45. The first-order valence-electron chi connectivity index (χ1n) is 9.11. The normalized spacial score (nSPS) is 14.8. The minimum absolute atomic E-state index is 0.0377. The minimum atomic E-state index is -0.394. The summed E-state index contributed by atoms with van der Waals surface area (Å²) in [6, 6.07) is 9.92. The number of carbonyl (C=O) groups excluding carboxylic acids is 1. The van der Waals surface area contributed by atoms with Crippen molar-refractivity contribution < 1.29 is 9.18 Å². The summed E-state index contributed by atoms with van der Waals surface area (Å²) in [5.74, 6) is 0.493. The molecule has 3 aromatic heterocycles. The summed E-state index contributed by atoms with van der Waals surface area (Å²) in [6.45, 7) is 1.31. The van der Waals surface area contributed by atoms with Gasteiger partial charge in [0.1, 0.15) is 11.6 Å². The molecule has 1 fully saturated rings. The fourth-order valence-electron chi connectivity index (χ4n) is 3.45. The molecule has 0 atom stereocenters. The molecule has 9 nitrogen and oxygen atoms in total. The molecular weight excluding hydrogens is 375 g/mol. The van der Waals surface area contributed by atoms with Gasteiger partial charge in [-0.2, -0.15) is 9.61 Å². The number of aryl methyl sites for hydroxylation is 1. The van der Waals surface area contributed by atoms with Crippen LogP contribution < -0.4 is 9.80 Å². The minimum Gasteiger partial charge on any atom is -0.344 e. The smallest absolute Gasteiger partial charge is 0.246 e. The van der Waals surface area contributed by atoms with E-state index in [0.29, 0.717) is 35.9 Å². The quantitative estimate of drug-likeness (QED) is 0.526. The molecule has 1 amide bonds. The number of fused-ring (bicyclic) bond motifs is 1. The van der Waals surface area contributed by atoms with Crippen LogP contribution in [0, 0.1) is 5.82 Å². The number of hydrogen-bond acceptors (Lipinski definition) is 6. The van der Waals surface area contributed by atoms with E-state index < -0.39 is 5.82 Å². The van der Waals surface area contributed by atoms with E-state index in [1.165, 1.54) is 10.6 Å². The summed E-state index contributed by atoms with van der Waals surface area (Å²) in [7, 11) is 1.82. The Hall–Kier alpha value is -3.82. The molecule has 10 heteroatoms. The molecule has 4 aromatic rings. The summed E-state index contributed by atoms with van der Waals surface area (Å²) in [5, 5.41) is 16.9. The van der Waals surface area contributed by atoms with Gasteiger partial charge in [-0.1, -0.05) is 12.1 Å². The van der Waals surface area contributed by atoms with Crippen LogP contribution >= 0.6 is 0 Å². The fraction of sp³-hybridized carbons (Fsp3) is 0.211. The van der Waals surface area contributed by atoms with Crippen LogP contribution in [0.15, 0.2) is 48.8 Å². The van der Waals surface area contributed by atoms with Gasteiger partial charge in [0.05, 0.1) is 24.0 Å². The monoisotopic (exact) mass is 392 g/mol. The molecule has 146 valence electrons. The van der Waals surface area contributed by atoms with E-state index in [2.05, 4.69) is 20.4 Å². The number of aromatic nitrogens is 6. The third-order valence-electron chi connectivity index (χ3n) is 4.91. The number of anilines is 2. The molecule has 0 aliphatic carbocycles. The number of halogens is 1. The molecule has 1 aliphatic heterocycles. The third kappa shape index (κ3) is 2.98. The lowest BCUT2D eigenvalue weighted by Gasteiger charge is -2.34. The Kier molecular flexibility index (Phi) is 3.97. The maximum atomic E-state index is 14.2. The second-order valence-electron chi connectivity index (χ2n) is 6.80. The maximum absolute atomic E-state index is 14.2. The fourth-order valence-corrected chi connectivity index (χ4v) is 3.45. The highest BCUT2D eigenvalue weighted by atomic mass is 19.1. The Morgan fingerprint density at radius 3 is 2.69 bits per heavy atom. The zero-order valence-corrected chi connectivity index (χ0v) is 15.6. The van der Waals surface area contributed by atoms with E-state index in [4.69, 9.17) is 0 Å². The largest absolute Gasteiger partial charge is 0.344 e. The molecule has 0 saturated carbocycles. The predicted molar refractivity (Wildman–Crippen MR) is 104 cm³/mol. The van der Waals surface area contributed by atoms with E-state index in [0.717, 1.165) is 5.69 Å². The molecule has 0 unspecified atom stereocenters. The van der Waals surface area contributed by atoms with Crippen LogP contribution in [0.5, 0.6) is 0 Å². The summed E-state index contributed by atoms with van der Waals surface area (Å²) >= 11 is 0. The molecule has 0 bridgehead atoms. The zero-order valence-electron chi connectivity index (χ0n) is 15.6. The topological polar surface area (TPSA) is 84.5 Å². The Bertz CT molecular complexity index is 1220. The molecule has 29 heavy (non-hydrogen) atoms. The predicted octanol–water partition coefficient (Wildman–Crippen LogP) is 1.52. The van der Waals surface area contributed by atoms with E-state index in [1.807, 2.05) is 18.1 Å². The van der Waals surface area contributed by atoms with E-state index in [-0.39, 0.29) is 12.5 Å². The van der Waals surface area contributed by atoms with Gasteiger partial charge in [-0.25, -0.2) is 4.39 Å². The summed E-state index contributed by atoms with van der Waals surface area (Å²) in [6.07, 6.45) is 3.49. The average molecular weight is 392 g/mol. The van der Waals surface area contributed by atoms with Gasteiger partial charge in [-0.05, 0) is 24.3 Å². The van der Waals surface area contributed by atoms with Gasteiger partial charge in [0.2, 0.25) is 5.91 Å². The number of hydrogen-bond donors (Lipinski definition) is 0. The standard InChI is InChI=1S/C19H17FN8O/c1-25-11-13(10-21-25)27-9-8-26(12-18(27)29)17-7-6-16-22-23-19(28(16)24-17)14-4-2-3-5-15(14)20/h2-7,10-11H,8-9,12H2,1H3. The second kappa shape index (κ2) is 6.66. The molecule has 5 rings (SSSR count). The molecule has 0 radical (unpaired) electrons. The van der Waals surface area contributed by atoms with Gasteiger partial charge in [0.15, 0.2) is 11.5 Å². The zero-order chi connectivity index (χ0) is 20.0. The van der Waals surface area contributed by atoms with Crippen molar-refractivity contribution >= 4 is 23.1 Å². The maximum Gasteiger partial charge on any atom is 0.246 e. The van der Waals surface area contributed by atoms with Crippen molar-refractivity contribution in [1.82, 2.24) is 29.6 Å². The Morgan fingerprint density at radius 2 is 1.93 bits per heavy atom. The molecule has 0 N–H and O–H groups in total. The van der Waals surface area contributed by atoms with E-state index >= 15 is 0 Å². The lowest BCUT2D eigenvalue weighted by atomic mass is 10.2. The number of rotatable bonds is 3. The first-order chi connectivity index (χ1) is 14.1. The molecule has 1 aliphatic rings. The second-order valence-corrected chi connectivity index (χ2v) is 6.80. The van der Waals surface area contributed by atoms with E-state index in [1.54, 1.807) is 46.1 Å². The first-order valence-corrected chi connectivity index (χ1v) is 9.11. The Morgan fingerprint density at radius 1 is 1.07 bits per heavy atom. The van der Waals surface area contributed by atoms with Crippen LogP contribution in [-0.4, -0.2) is 55.1 Å². The van der Waals surface area contributed by atoms with Crippen LogP contribution in [0.1, 0.15) is 0 Å². The lowest BCUT2D eigenvalue weighted by Crippen LogP contribution is -2.51. The van der Waals surface area contributed by atoms with Gasteiger partial charge in [-0.15, -0.1) is 15.3 Å². The molecule has 0 spiro atoms. The molecule has 1 aromatic carbocycles. The van der Waals surface area contributed by atoms with Crippen molar-refractivity contribution in [3.05, 3.63) is 54.6 Å². The SMILES string of the molecule is Cn1cc(N2CCN(c3ccc4nnc(-c5ccccc5F)n4n3)CC2=O)cn1. The molecule has 4 heterocycles. The highest BCUT2D eigenvalue weighted by Gasteiger charge is 2.27. The first kappa shape index (κ1) is 17.3. The van der Waals surface area contributed by atoms with Crippen LogP contribution in [0.25, 0.3) is 17.0 Å². The number of carbonyl (C=O) groups is 1.